The van der Waals surface area contributed by atoms with Crippen molar-refractivity contribution in [2.75, 3.05) is 11.9 Å². The Hall–Kier alpha value is -1.76. The second-order valence-corrected chi connectivity index (χ2v) is 6.40. The molecule has 7 heteroatoms. The lowest BCUT2D eigenvalue weighted by molar-refractivity contribution is 0.461. The Morgan fingerprint density at radius 2 is 2.14 bits per heavy atom. The molecule has 0 spiro atoms. The van der Waals surface area contributed by atoms with Gasteiger partial charge >= 0.3 is 0 Å². The van der Waals surface area contributed by atoms with Crippen LogP contribution in [0.25, 0.3) is 10.6 Å². The van der Waals surface area contributed by atoms with Crippen molar-refractivity contribution in [3.05, 3.63) is 22.1 Å². The summed E-state index contributed by atoms with van der Waals surface area (Å²) >= 11 is 1.40. The van der Waals surface area contributed by atoms with Crippen LogP contribution in [0.2, 0.25) is 0 Å². The van der Waals surface area contributed by atoms with E-state index in [2.05, 4.69) is 41.4 Å². The van der Waals surface area contributed by atoms with Gasteiger partial charge in [-0.3, -0.25) is 4.79 Å². The highest BCUT2D eigenvalue weighted by Crippen LogP contribution is 2.24. The third kappa shape index (κ3) is 3.87. The minimum absolute atomic E-state index is 0.104. The van der Waals surface area contributed by atoms with Gasteiger partial charge in [0.1, 0.15) is 0 Å². The van der Waals surface area contributed by atoms with Crippen LogP contribution in [0.15, 0.2) is 10.9 Å². The van der Waals surface area contributed by atoms with E-state index in [1.54, 1.807) is 6.07 Å². The summed E-state index contributed by atoms with van der Waals surface area (Å²) in [5, 5.41) is 17.1. The summed E-state index contributed by atoms with van der Waals surface area (Å²) < 4.78 is 1.52. The lowest BCUT2D eigenvalue weighted by atomic mass is 10.2. The van der Waals surface area contributed by atoms with E-state index >= 15 is 0 Å². The van der Waals surface area contributed by atoms with Crippen LogP contribution >= 0.6 is 11.3 Å². The van der Waals surface area contributed by atoms with Crippen molar-refractivity contribution in [1.29, 1.82) is 0 Å². The molecule has 2 rings (SSSR count). The molecule has 114 valence electrons. The van der Waals surface area contributed by atoms with Crippen LogP contribution in [-0.2, 0) is 6.54 Å². The number of hydrogen-bond acceptors (Lipinski definition) is 6. The zero-order chi connectivity index (χ0) is 15.4. The van der Waals surface area contributed by atoms with Gasteiger partial charge in [0.2, 0.25) is 5.13 Å². The smallest absolute Gasteiger partial charge is 0.277 e. The van der Waals surface area contributed by atoms with Gasteiger partial charge in [-0.1, -0.05) is 32.1 Å². The van der Waals surface area contributed by atoms with E-state index in [1.165, 1.54) is 16.0 Å². The van der Waals surface area contributed by atoms with Gasteiger partial charge in [-0.15, -0.1) is 10.2 Å². The van der Waals surface area contributed by atoms with Crippen molar-refractivity contribution in [1.82, 2.24) is 20.0 Å². The summed E-state index contributed by atoms with van der Waals surface area (Å²) in [4.78, 5) is 12.5. The summed E-state index contributed by atoms with van der Waals surface area (Å²) in [6, 6.07) is 1.78. The zero-order valence-corrected chi connectivity index (χ0v) is 13.7. The standard InChI is InChI=1S/C14H21N5OS/c1-5-6-15-14-17-16-12(21-14)11-7-10(4)18-19(13(11)20)8-9(2)3/h7,9H,5-6,8H2,1-4H3,(H,15,17). The molecule has 0 radical (unpaired) electrons. The summed E-state index contributed by atoms with van der Waals surface area (Å²) in [5.41, 5.74) is 1.28. The number of anilines is 1. The first-order chi connectivity index (χ1) is 10.0. The van der Waals surface area contributed by atoms with Crippen LogP contribution in [0.5, 0.6) is 0 Å². The molecule has 0 fully saturated rings. The maximum absolute atomic E-state index is 12.5. The lowest BCUT2D eigenvalue weighted by Crippen LogP contribution is -2.27. The molecule has 21 heavy (non-hydrogen) atoms. The maximum Gasteiger partial charge on any atom is 0.277 e. The van der Waals surface area contributed by atoms with Crippen molar-refractivity contribution in [3.63, 3.8) is 0 Å². The van der Waals surface area contributed by atoms with E-state index in [-0.39, 0.29) is 5.56 Å². The van der Waals surface area contributed by atoms with Crippen LogP contribution in [0, 0.1) is 12.8 Å². The molecule has 0 aliphatic carbocycles. The maximum atomic E-state index is 12.5. The molecule has 0 aliphatic heterocycles. The van der Waals surface area contributed by atoms with E-state index in [4.69, 9.17) is 0 Å². The molecular weight excluding hydrogens is 286 g/mol. The minimum Gasteiger partial charge on any atom is -0.360 e. The molecule has 2 heterocycles. The van der Waals surface area contributed by atoms with E-state index in [1.807, 2.05) is 6.92 Å². The van der Waals surface area contributed by atoms with Gasteiger partial charge in [-0.2, -0.15) is 5.10 Å². The largest absolute Gasteiger partial charge is 0.360 e. The predicted molar refractivity (Wildman–Crippen MR) is 85.8 cm³/mol. The first-order valence-corrected chi connectivity index (χ1v) is 7.99. The number of hydrogen-bond donors (Lipinski definition) is 1. The third-order valence-electron chi connectivity index (χ3n) is 2.82. The van der Waals surface area contributed by atoms with Crippen molar-refractivity contribution >= 4 is 16.5 Å². The first-order valence-electron chi connectivity index (χ1n) is 7.17. The molecule has 0 amide bonds. The molecule has 0 aromatic carbocycles. The topological polar surface area (TPSA) is 72.7 Å². The Kier molecular flexibility index (Phi) is 5.06. The van der Waals surface area contributed by atoms with Crippen LogP contribution in [0.3, 0.4) is 0 Å². The Balaban J connectivity index is 2.37. The molecule has 2 aromatic rings. The van der Waals surface area contributed by atoms with Crippen molar-refractivity contribution in [2.45, 2.75) is 40.7 Å². The molecule has 0 saturated heterocycles. The summed E-state index contributed by atoms with van der Waals surface area (Å²) in [6.07, 6.45) is 1.02. The Morgan fingerprint density at radius 1 is 1.38 bits per heavy atom. The predicted octanol–water partition coefficient (Wildman–Crippen LogP) is 2.55. The molecular formula is C14H21N5OS. The molecule has 0 atom stereocenters. The van der Waals surface area contributed by atoms with Crippen molar-refractivity contribution in [3.8, 4) is 10.6 Å². The monoisotopic (exact) mass is 307 g/mol. The summed E-state index contributed by atoms with van der Waals surface area (Å²) in [5.74, 6) is 0.362. The van der Waals surface area contributed by atoms with Gasteiger partial charge in [0.05, 0.1) is 11.3 Å². The molecule has 2 aromatic heterocycles. The lowest BCUT2D eigenvalue weighted by Gasteiger charge is -2.09. The van der Waals surface area contributed by atoms with E-state index in [0.717, 1.165) is 23.8 Å². The highest BCUT2D eigenvalue weighted by atomic mass is 32.1. The molecule has 0 saturated carbocycles. The van der Waals surface area contributed by atoms with Crippen molar-refractivity contribution < 1.29 is 0 Å². The van der Waals surface area contributed by atoms with Crippen LogP contribution in [-0.4, -0.2) is 26.5 Å². The fraction of sp³-hybridized carbons (Fsp3) is 0.571. The highest BCUT2D eigenvalue weighted by molar-refractivity contribution is 7.18. The normalized spacial score (nSPS) is 11.1. The SMILES string of the molecule is CCCNc1nnc(-c2cc(C)nn(CC(C)C)c2=O)s1. The quantitative estimate of drug-likeness (QED) is 0.888. The van der Waals surface area contributed by atoms with Crippen LogP contribution in [0.1, 0.15) is 32.9 Å². The Labute approximate surface area is 128 Å². The van der Waals surface area contributed by atoms with E-state index in [9.17, 15) is 4.79 Å². The van der Waals surface area contributed by atoms with Gasteiger partial charge in [0.25, 0.3) is 5.56 Å². The Morgan fingerprint density at radius 3 is 2.81 bits per heavy atom. The average molecular weight is 307 g/mol. The molecule has 0 bridgehead atoms. The van der Waals surface area contributed by atoms with E-state index < -0.39 is 0 Å². The number of aryl methyl sites for hydroxylation is 1. The second-order valence-electron chi connectivity index (χ2n) is 5.42. The highest BCUT2D eigenvalue weighted by Gasteiger charge is 2.14. The molecule has 1 N–H and O–H groups in total. The Bertz CT molecular complexity index is 662. The zero-order valence-electron chi connectivity index (χ0n) is 12.9. The van der Waals surface area contributed by atoms with Gasteiger partial charge < -0.3 is 5.32 Å². The van der Waals surface area contributed by atoms with Gasteiger partial charge in [-0.05, 0) is 25.3 Å². The number of aromatic nitrogens is 4. The van der Waals surface area contributed by atoms with Crippen LogP contribution < -0.4 is 10.9 Å². The number of rotatable bonds is 6. The van der Waals surface area contributed by atoms with Gasteiger partial charge in [0.15, 0.2) is 5.01 Å². The minimum atomic E-state index is -0.104. The number of nitrogens with zero attached hydrogens (tertiary/aromatic N) is 4. The summed E-state index contributed by atoms with van der Waals surface area (Å²) in [7, 11) is 0. The van der Waals surface area contributed by atoms with Gasteiger partial charge in [-0.25, -0.2) is 4.68 Å². The summed E-state index contributed by atoms with van der Waals surface area (Å²) in [6.45, 7) is 9.55. The fourth-order valence-corrected chi connectivity index (χ4v) is 2.71. The fourth-order valence-electron chi connectivity index (χ4n) is 1.93. The molecule has 6 nitrogen and oxygen atoms in total. The molecule has 0 aliphatic rings. The third-order valence-corrected chi connectivity index (χ3v) is 3.73. The average Bonchev–Trinajstić information content (AvgIpc) is 2.88. The first kappa shape index (κ1) is 15.6. The number of nitrogens with one attached hydrogen (secondary N) is 1. The second kappa shape index (κ2) is 6.80. The van der Waals surface area contributed by atoms with E-state index in [0.29, 0.717) is 23.0 Å². The molecule has 0 unspecified atom stereocenters. The van der Waals surface area contributed by atoms with Crippen LogP contribution in [0.4, 0.5) is 5.13 Å². The van der Waals surface area contributed by atoms with Crippen molar-refractivity contribution in [2.24, 2.45) is 5.92 Å². The van der Waals surface area contributed by atoms with Gasteiger partial charge in [0, 0.05) is 13.1 Å².